The van der Waals surface area contributed by atoms with Gasteiger partial charge in [-0.25, -0.2) is 0 Å². The first kappa shape index (κ1) is 21.9. The second-order valence-electron chi connectivity index (χ2n) is 5.93. The van der Waals surface area contributed by atoms with Crippen LogP contribution in [0.4, 0.5) is 0 Å². The Kier molecular flexibility index (Phi) is 9.09. The standard InChI is InChI=1S/C18H26N4O3.ClH/c1-5-24-16-9-7-6-8-14(16)15(20-13(3)23)11-18-21-17(22-25-18)10-12(2)19-4;/h6-9,12,15,19H,5,10-11H2,1-4H3,(H,20,23);1H. The summed E-state index contributed by atoms with van der Waals surface area (Å²) in [5.41, 5.74) is 0.892. The zero-order chi connectivity index (χ0) is 18.2. The van der Waals surface area contributed by atoms with Gasteiger partial charge in [0.05, 0.1) is 19.1 Å². The zero-order valence-corrected chi connectivity index (χ0v) is 16.4. The van der Waals surface area contributed by atoms with Gasteiger partial charge in [0.2, 0.25) is 11.8 Å². The van der Waals surface area contributed by atoms with Crippen molar-refractivity contribution in [2.45, 2.75) is 45.7 Å². The van der Waals surface area contributed by atoms with Gasteiger partial charge >= 0.3 is 0 Å². The molecule has 1 aromatic carbocycles. The van der Waals surface area contributed by atoms with Crippen molar-refractivity contribution < 1.29 is 14.1 Å². The second kappa shape index (κ2) is 10.8. The lowest BCUT2D eigenvalue weighted by molar-refractivity contribution is -0.119. The quantitative estimate of drug-likeness (QED) is 0.692. The van der Waals surface area contributed by atoms with Gasteiger partial charge in [-0.1, -0.05) is 23.4 Å². The molecule has 2 N–H and O–H groups in total. The fourth-order valence-corrected chi connectivity index (χ4v) is 2.55. The summed E-state index contributed by atoms with van der Waals surface area (Å²) in [4.78, 5) is 16.1. The second-order valence-corrected chi connectivity index (χ2v) is 5.93. The number of hydrogen-bond acceptors (Lipinski definition) is 6. The van der Waals surface area contributed by atoms with Crippen molar-refractivity contribution in [1.29, 1.82) is 0 Å². The van der Waals surface area contributed by atoms with Crippen molar-refractivity contribution in [2.24, 2.45) is 0 Å². The number of nitrogens with zero attached hydrogens (tertiary/aromatic N) is 2. The largest absolute Gasteiger partial charge is 0.494 e. The maximum Gasteiger partial charge on any atom is 0.229 e. The van der Waals surface area contributed by atoms with Gasteiger partial charge in [0, 0.05) is 24.9 Å². The first-order valence-electron chi connectivity index (χ1n) is 8.51. The lowest BCUT2D eigenvalue weighted by Crippen LogP contribution is -2.28. The molecule has 1 aromatic heterocycles. The molecular formula is C18H27ClN4O3. The Labute approximate surface area is 160 Å². The van der Waals surface area contributed by atoms with Crippen LogP contribution in [-0.2, 0) is 17.6 Å². The number of hydrogen-bond donors (Lipinski definition) is 2. The average Bonchev–Trinajstić information content (AvgIpc) is 3.01. The Morgan fingerprint density at radius 2 is 2.04 bits per heavy atom. The van der Waals surface area contributed by atoms with Gasteiger partial charge in [0.15, 0.2) is 5.82 Å². The van der Waals surface area contributed by atoms with Crippen molar-refractivity contribution in [3.8, 4) is 5.75 Å². The van der Waals surface area contributed by atoms with Crippen LogP contribution >= 0.6 is 12.4 Å². The Morgan fingerprint density at radius 3 is 2.69 bits per heavy atom. The lowest BCUT2D eigenvalue weighted by atomic mass is 10.0. The maximum atomic E-state index is 11.6. The molecular weight excluding hydrogens is 356 g/mol. The molecule has 8 heteroatoms. The SMILES string of the molecule is CCOc1ccccc1C(Cc1nc(CC(C)NC)no1)NC(C)=O.Cl. The Hall–Kier alpha value is -2.12. The number of likely N-dealkylation sites (N-methyl/N-ethyl adjacent to an activating group) is 1. The predicted molar refractivity (Wildman–Crippen MR) is 102 cm³/mol. The van der Waals surface area contributed by atoms with Crippen LogP contribution in [0.1, 0.15) is 44.1 Å². The molecule has 0 spiro atoms. The molecule has 0 aliphatic heterocycles. The van der Waals surface area contributed by atoms with Gasteiger partial charge < -0.3 is 19.9 Å². The molecule has 0 aliphatic carbocycles. The molecule has 0 saturated heterocycles. The number of rotatable bonds is 9. The monoisotopic (exact) mass is 382 g/mol. The summed E-state index contributed by atoms with van der Waals surface area (Å²) >= 11 is 0. The van der Waals surface area contributed by atoms with E-state index in [1.165, 1.54) is 6.92 Å². The van der Waals surface area contributed by atoms with Gasteiger partial charge in [0.1, 0.15) is 5.75 Å². The summed E-state index contributed by atoms with van der Waals surface area (Å²) in [6.45, 7) is 6.02. The highest BCUT2D eigenvalue weighted by atomic mass is 35.5. The van der Waals surface area contributed by atoms with E-state index in [-0.39, 0.29) is 30.4 Å². The number of aromatic nitrogens is 2. The molecule has 26 heavy (non-hydrogen) atoms. The van der Waals surface area contributed by atoms with Crippen molar-refractivity contribution >= 4 is 18.3 Å². The van der Waals surface area contributed by atoms with E-state index in [1.54, 1.807) is 0 Å². The molecule has 1 amide bonds. The van der Waals surface area contributed by atoms with Crippen LogP contribution in [0.25, 0.3) is 0 Å². The van der Waals surface area contributed by atoms with Crippen molar-refractivity contribution in [3.05, 3.63) is 41.5 Å². The Morgan fingerprint density at radius 1 is 1.31 bits per heavy atom. The molecule has 2 aromatic rings. The maximum absolute atomic E-state index is 11.6. The number of carbonyl (C=O) groups excluding carboxylic acids is 1. The molecule has 0 saturated carbocycles. The minimum Gasteiger partial charge on any atom is -0.494 e. The number of amides is 1. The first-order chi connectivity index (χ1) is 12.0. The number of para-hydroxylation sites is 1. The Bertz CT molecular complexity index is 693. The van der Waals surface area contributed by atoms with E-state index in [1.807, 2.05) is 38.2 Å². The molecule has 0 aliphatic rings. The topological polar surface area (TPSA) is 89.3 Å². The van der Waals surface area contributed by atoms with Crippen LogP contribution in [0.2, 0.25) is 0 Å². The number of halogens is 1. The first-order valence-corrected chi connectivity index (χ1v) is 8.51. The summed E-state index contributed by atoms with van der Waals surface area (Å²) in [5, 5.41) is 10.1. The van der Waals surface area contributed by atoms with Crippen molar-refractivity contribution in [2.75, 3.05) is 13.7 Å². The average molecular weight is 383 g/mol. The molecule has 1 heterocycles. The van der Waals surface area contributed by atoms with Crippen LogP contribution in [0.5, 0.6) is 5.75 Å². The fourth-order valence-electron chi connectivity index (χ4n) is 2.55. The van der Waals surface area contributed by atoms with E-state index in [0.29, 0.717) is 31.2 Å². The lowest BCUT2D eigenvalue weighted by Gasteiger charge is -2.19. The number of nitrogens with one attached hydrogen (secondary N) is 2. The summed E-state index contributed by atoms with van der Waals surface area (Å²) in [6.07, 6.45) is 1.09. The van der Waals surface area contributed by atoms with Gasteiger partial charge in [-0.05, 0) is 27.0 Å². The summed E-state index contributed by atoms with van der Waals surface area (Å²) < 4.78 is 11.0. The third-order valence-corrected chi connectivity index (χ3v) is 3.84. The van der Waals surface area contributed by atoms with E-state index in [9.17, 15) is 4.79 Å². The van der Waals surface area contributed by atoms with Gasteiger partial charge in [-0.15, -0.1) is 12.4 Å². The molecule has 144 valence electrons. The molecule has 2 atom stereocenters. The van der Waals surface area contributed by atoms with E-state index < -0.39 is 0 Å². The minimum atomic E-state index is -0.296. The highest BCUT2D eigenvalue weighted by Crippen LogP contribution is 2.27. The number of carbonyl (C=O) groups is 1. The third kappa shape index (κ3) is 6.31. The van der Waals surface area contributed by atoms with E-state index in [0.717, 1.165) is 11.3 Å². The minimum absolute atomic E-state index is 0. The summed E-state index contributed by atoms with van der Waals surface area (Å²) in [5.74, 6) is 1.76. The summed E-state index contributed by atoms with van der Waals surface area (Å²) in [7, 11) is 1.89. The number of ether oxygens (including phenoxy) is 1. The third-order valence-electron chi connectivity index (χ3n) is 3.84. The molecule has 0 fully saturated rings. The highest BCUT2D eigenvalue weighted by molar-refractivity contribution is 5.85. The predicted octanol–water partition coefficient (Wildman–Crippen LogP) is 2.46. The van der Waals surface area contributed by atoms with Crippen molar-refractivity contribution in [1.82, 2.24) is 20.8 Å². The normalized spacial score (nSPS) is 12.8. The molecule has 2 rings (SSSR count). The van der Waals surface area contributed by atoms with E-state index >= 15 is 0 Å². The van der Waals surface area contributed by atoms with Gasteiger partial charge in [-0.2, -0.15) is 4.98 Å². The molecule has 2 unspecified atom stereocenters. The van der Waals surface area contributed by atoms with Crippen molar-refractivity contribution in [3.63, 3.8) is 0 Å². The van der Waals surface area contributed by atoms with Gasteiger partial charge in [0.25, 0.3) is 0 Å². The highest BCUT2D eigenvalue weighted by Gasteiger charge is 2.21. The van der Waals surface area contributed by atoms with Crippen LogP contribution in [0.3, 0.4) is 0 Å². The molecule has 0 radical (unpaired) electrons. The van der Waals surface area contributed by atoms with E-state index in [2.05, 4.69) is 27.7 Å². The zero-order valence-electron chi connectivity index (χ0n) is 15.6. The number of benzene rings is 1. The van der Waals surface area contributed by atoms with Crippen LogP contribution in [-0.4, -0.2) is 35.7 Å². The summed E-state index contributed by atoms with van der Waals surface area (Å²) in [6, 6.07) is 7.61. The van der Waals surface area contributed by atoms with E-state index in [4.69, 9.17) is 9.26 Å². The van der Waals surface area contributed by atoms with Crippen LogP contribution < -0.4 is 15.4 Å². The smallest absolute Gasteiger partial charge is 0.229 e. The molecule has 0 bridgehead atoms. The molecule has 7 nitrogen and oxygen atoms in total. The van der Waals surface area contributed by atoms with Gasteiger partial charge in [-0.3, -0.25) is 4.79 Å². The van der Waals surface area contributed by atoms with Crippen LogP contribution in [0.15, 0.2) is 28.8 Å². The Balaban J connectivity index is 0.00000338. The van der Waals surface area contributed by atoms with Crippen LogP contribution in [0, 0.1) is 0 Å². The fraction of sp³-hybridized carbons (Fsp3) is 0.500.